The Balaban J connectivity index is 2.22. The molecule has 1 aromatic heterocycles. The van der Waals surface area contributed by atoms with Crippen LogP contribution >= 0.6 is 0 Å². The first-order chi connectivity index (χ1) is 9.32. The van der Waals surface area contributed by atoms with Gasteiger partial charge in [0.15, 0.2) is 0 Å². The lowest BCUT2D eigenvalue weighted by Crippen LogP contribution is -2.47. The van der Waals surface area contributed by atoms with E-state index in [9.17, 15) is 13.2 Å². The van der Waals surface area contributed by atoms with Crippen molar-refractivity contribution in [3.05, 3.63) is 17.9 Å². The third kappa shape index (κ3) is 2.87. The van der Waals surface area contributed by atoms with Crippen LogP contribution in [0, 0.1) is 0 Å². The number of piperidine rings is 1. The van der Waals surface area contributed by atoms with E-state index in [0.29, 0.717) is 6.54 Å². The summed E-state index contributed by atoms with van der Waals surface area (Å²) in [5.74, 6) is -1.66. The number of carbonyl (C=O) groups is 1. The molecule has 8 heteroatoms. The highest BCUT2D eigenvalue weighted by molar-refractivity contribution is 7.89. The molecule has 1 atom stereocenters. The van der Waals surface area contributed by atoms with E-state index in [2.05, 4.69) is 4.90 Å². The lowest BCUT2D eigenvalue weighted by Gasteiger charge is -2.34. The van der Waals surface area contributed by atoms with Gasteiger partial charge >= 0.3 is 5.97 Å². The van der Waals surface area contributed by atoms with Gasteiger partial charge in [0.1, 0.15) is 0 Å². The van der Waals surface area contributed by atoms with Crippen LogP contribution in [0.2, 0.25) is 0 Å². The van der Waals surface area contributed by atoms with Crippen LogP contribution in [0.1, 0.15) is 23.4 Å². The van der Waals surface area contributed by atoms with Crippen LogP contribution in [0.5, 0.6) is 0 Å². The lowest BCUT2D eigenvalue weighted by atomic mass is 10.1. The first-order valence-electron chi connectivity index (χ1n) is 6.32. The molecule has 1 aliphatic rings. The van der Waals surface area contributed by atoms with Crippen molar-refractivity contribution in [2.24, 2.45) is 0 Å². The Morgan fingerprint density at radius 3 is 2.75 bits per heavy atom. The van der Waals surface area contributed by atoms with Crippen molar-refractivity contribution in [1.82, 2.24) is 9.21 Å². The average Bonchev–Trinajstić information content (AvgIpc) is 2.88. The SMILES string of the molecule is CN1CCCC(N(C)S(=O)(=O)c2ccc(C(=O)O)o2)C1. The molecule has 0 spiro atoms. The monoisotopic (exact) mass is 302 g/mol. The van der Waals surface area contributed by atoms with Crippen molar-refractivity contribution in [2.75, 3.05) is 27.2 Å². The summed E-state index contributed by atoms with van der Waals surface area (Å²) in [7, 11) is -0.349. The van der Waals surface area contributed by atoms with Gasteiger partial charge in [-0.1, -0.05) is 0 Å². The van der Waals surface area contributed by atoms with Gasteiger partial charge in [0.05, 0.1) is 0 Å². The Hall–Kier alpha value is -1.38. The van der Waals surface area contributed by atoms with Crippen LogP contribution in [0.3, 0.4) is 0 Å². The van der Waals surface area contributed by atoms with Crippen LogP contribution in [-0.4, -0.2) is 61.9 Å². The molecule has 2 rings (SSSR count). The number of carboxylic acid groups (broad SMARTS) is 1. The molecule has 2 heterocycles. The quantitative estimate of drug-likeness (QED) is 0.880. The third-order valence-corrected chi connectivity index (χ3v) is 5.32. The number of rotatable bonds is 4. The number of furan rings is 1. The van der Waals surface area contributed by atoms with E-state index in [0.717, 1.165) is 25.5 Å². The Kier molecular flexibility index (Phi) is 4.17. The largest absolute Gasteiger partial charge is 0.475 e. The van der Waals surface area contributed by atoms with Gasteiger partial charge in [-0.05, 0) is 38.6 Å². The molecular weight excluding hydrogens is 284 g/mol. The highest BCUT2D eigenvalue weighted by atomic mass is 32.2. The second kappa shape index (κ2) is 5.55. The number of hydrogen-bond donors (Lipinski definition) is 1. The van der Waals surface area contributed by atoms with Crippen molar-refractivity contribution in [3.8, 4) is 0 Å². The van der Waals surface area contributed by atoms with Crippen molar-refractivity contribution >= 4 is 16.0 Å². The van der Waals surface area contributed by atoms with Crippen LogP contribution in [0.4, 0.5) is 0 Å². The van der Waals surface area contributed by atoms with E-state index >= 15 is 0 Å². The fraction of sp³-hybridized carbons (Fsp3) is 0.583. The van der Waals surface area contributed by atoms with E-state index < -0.39 is 16.0 Å². The van der Waals surface area contributed by atoms with Crippen LogP contribution < -0.4 is 0 Å². The number of likely N-dealkylation sites (N-methyl/N-ethyl adjacent to an activating group) is 2. The third-order valence-electron chi connectivity index (χ3n) is 3.54. The van der Waals surface area contributed by atoms with E-state index in [4.69, 9.17) is 9.52 Å². The molecule has 1 aromatic rings. The molecule has 0 aliphatic carbocycles. The minimum atomic E-state index is -3.80. The van der Waals surface area contributed by atoms with E-state index in [1.165, 1.54) is 17.4 Å². The molecule has 1 saturated heterocycles. The number of sulfonamides is 1. The summed E-state index contributed by atoms with van der Waals surface area (Å²) >= 11 is 0. The summed E-state index contributed by atoms with van der Waals surface area (Å²) in [6, 6.07) is 2.20. The highest BCUT2D eigenvalue weighted by Crippen LogP contribution is 2.23. The number of hydrogen-bond acceptors (Lipinski definition) is 5. The van der Waals surface area contributed by atoms with Crippen LogP contribution in [-0.2, 0) is 10.0 Å². The Bertz CT molecular complexity index is 595. The maximum atomic E-state index is 12.4. The zero-order chi connectivity index (χ0) is 14.9. The molecule has 0 radical (unpaired) electrons. The van der Waals surface area contributed by atoms with E-state index in [1.54, 1.807) is 0 Å². The number of likely N-dealkylation sites (tertiary alicyclic amines) is 1. The first kappa shape index (κ1) is 15.0. The predicted molar refractivity (Wildman–Crippen MR) is 71.1 cm³/mol. The molecule has 20 heavy (non-hydrogen) atoms. The molecule has 112 valence electrons. The predicted octanol–water partition coefficient (Wildman–Crippen LogP) is 0.692. The molecule has 1 unspecified atom stereocenters. The van der Waals surface area contributed by atoms with Gasteiger partial charge in [0.2, 0.25) is 10.9 Å². The number of carboxylic acids is 1. The van der Waals surface area contributed by atoms with Crippen LogP contribution in [0.25, 0.3) is 0 Å². The maximum Gasteiger partial charge on any atom is 0.371 e. The molecule has 1 fully saturated rings. The Labute approximate surface area is 117 Å². The maximum absolute atomic E-state index is 12.4. The first-order valence-corrected chi connectivity index (χ1v) is 7.76. The van der Waals surface area contributed by atoms with Gasteiger partial charge in [0.25, 0.3) is 10.0 Å². The Morgan fingerprint density at radius 2 is 2.20 bits per heavy atom. The minimum absolute atomic E-state index is 0.128. The molecule has 0 bridgehead atoms. The van der Waals surface area contributed by atoms with Gasteiger partial charge in [-0.25, -0.2) is 13.2 Å². The summed E-state index contributed by atoms with van der Waals surface area (Å²) in [5.41, 5.74) is 0. The second-order valence-corrected chi connectivity index (χ2v) is 6.93. The second-order valence-electron chi connectivity index (χ2n) is 5.00. The summed E-state index contributed by atoms with van der Waals surface area (Å²) in [6.07, 6.45) is 1.71. The topological polar surface area (TPSA) is 91.1 Å². The standard InChI is InChI=1S/C12H18N2O5S/c1-13-7-3-4-9(8-13)14(2)20(17,18)11-6-5-10(19-11)12(15)16/h5-6,9H,3-4,7-8H2,1-2H3,(H,15,16). The summed E-state index contributed by atoms with van der Waals surface area (Å²) in [5, 5.41) is 8.45. The lowest BCUT2D eigenvalue weighted by molar-refractivity contribution is 0.0656. The molecule has 7 nitrogen and oxygen atoms in total. The van der Waals surface area contributed by atoms with Gasteiger partial charge in [-0.2, -0.15) is 4.31 Å². The molecule has 1 N–H and O–H groups in total. The molecule has 0 saturated carbocycles. The van der Waals surface area contributed by atoms with Gasteiger partial charge in [0, 0.05) is 19.6 Å². The molecule has 1 aliphatic heterocycles. The summed E-state index contributed by atoms with van der Waals surface area (Å²) < 4.78 is 31.0. The Morgan fingerprint density at radius 1 is 1.50 bits per heavy atom. The molecular formula is C12H18N2O5S. The summed E-state index contributed by atoms with van der Waals surface area (Å²) in [6.45, 7) is 1.61. The fourth-order valence-electron chi connectivity index (χ4n) is 2.35. The summed E-state index contributed by atoms with van der Waals surface area (Å²) in [4.78, 5) is 12.8. The fourth-order valence-corrected chi connectivity index (χ4v) is 3.63. The van der Waals surface area contributed by atoms with Crippen molar-refractivity contribution in [1.29, 1.82) is 0 Å². The van der Waals surface area contributed by atoms with Gasteiger partial charge in [-0.15, -0.1) is 0 Å². The van der Waals surface area contributed by atoms with Gasteiger partial charge < -0.3 is 14.4 Å². The minimum Gasteiger partial charge on any atom is -0.475 e. The zero-order valence-corrected chi connectivity index (χ0v) is 12.3. The van der Waals surface area contributed by atoms with Crippen LogP contribution in [0.15, 0.2) is 21.6 Å². The van der Waals surface area contributed by atoms with Crippen molar-refractivity contribution in [3.63, 3.8) is 0 Å². The van der Waals surface area contributed by atoms with Gasteiger partial charge in [-0.3, -0.25) is 0 Å². The highest BCUT2D eigenvalue weighted by Gasteiger charge is 2.33. The number of nitrogens with zero attached hydrogens (tertiary/aromatic N) is 2. The van der Waals surface area contributed by atoms with E-state index in [-0.39, 0.29) is 16.9 Å². The zero-order valence-electron chi connectivity index (χ0n) is 11.4. The van der Waals surface area contributed by atoms with Crippen molar-refractivity contribution in [2.45, 2.75) is 24.0 Å². The van der Waals surface area contributed by atoms with E-state index in [1.807, 2.05) is 7.05 Å². The van der Waals surface area contributed by atoms with Crippen molar-refractivity contribution < 1.29 is 22.7 Å². The number of aromatic carboxylic acids is 1. The molecule has 0 amide bonds. The normalized spacial score (nSPS) is 21.2. The average molecular weight is 302 g/mol. The molecule has 0 aromatic carbocycles. The smallest absolute Gasteiger partial charge is 0.371 e.